The van der Waals surface area contributed by atoms with E-state index in [0.29, 0.717) is 13.2 Å². The molecule has 78 valence electrons. The molecule has 1 aromatic rings. The number of nitrogens with zero attached hydrogens (tertiary/aromatic N) is 2. The van der Waals surface area contributed by atoms with Gasteiger partial charge in [-0.05, 0) is 26.2 Å². The van der Waals surface area contributed by atoms with Crippen LogP contribution in [0.25, 0.3) is 0 Å². The molecular formula is C10H17N3O. The Hall–Kier alpha value is -1.13. The van der Waals surface area contributed by atoms with E-state index >= 15 is 0 Å². The van der Waals surface area contributed by atoms with E-state index in [-0.39, 0.29) is 0 Å². The van der Waals surface area contributed by atoms with Crippen LogP contribution in [0.3, 0.4) is 0 Å². The lowest BCUT2D eigenvalue weighted by molar-refractivity contribution is 0.260. The molecule has 4 heteroatoms. The van der Waals surface area contributed by atoms with E-state index in [1.54, 1.807) is 6.20 Å². The van der Waals surface area contributed by atoms with Gasteiger partial charge >= 0.3 is 0 Å². The Morgan fingerprint density at radius 2 is 2.21 bits per heavy atom. The van der Waals surface area contributed by atoms with Gasteiger partial charge in [-0.1, -0.05) is 0 Å². The number of aromatic nitrogens is 1. The van der Waals surface area contributed by atoms with Crippen molar-refractivity contribution in [1.29, 1.82) is 0 Å². The van der Waals surface area contributed by atoms with Crippen LogP contribution in [0, 0.1) is 0 Å². The molecule has 0 radical (unpaired) electrons. The number of rotatable bonds is 5. The van der Waals surface area contributed by atoms with Crippen molar-refractivity contribution in [2.45, 2.75) is 6.54 Å². The van der Waals surface area contributed by atoms with Gasteiger partial charge in [0, 0.05) is 13.1 Å². The molecule has 0 aliphatic carbocycles. The monoisotopic (exact) mass is 195 g/mol. The Labute approximate surface area is 84.7 Å². The normalized spacial score (nSPS) is 10.6. The number of ether oxygens (including phenoxy) is 1. The number of likely N-dealkylation sites (N-methyl/N-ethyl adjacent to an activating group) is 1. The molecule has 1 aromatic heterocycles. The molecule has 0 aliphatic rings. The van der Waals surface area contributed by atoms with Crippen molar-refractivity contribution in [2.24, 2.45) is 5.73 Å². The second kappa shape index (κ2) is 5.57. The Morgan fingerprint density at radius 1 is 1.43 bits per heavy atom. The molecule has 0 aromatic carbocycles. The van der Waals surface area contributed by atoms with E-state index in [1.807, 2.05) is 26.2 Å². The first-order valence-corrected chi connectivity index (χ1v) is 4.65. The quantitative estimate of drug-likeness (QED) is 0.742. The molecular weight excluding hydrogens is 178 g/mol. The van der Waals surface area contributed by atoms with Crippen molar-refractivity contribution in [1.82, 2.24) is 9.88 Å². The number of pyridine rings is 1. The summed E-state index contributed by atoms with van der Waals surface area (Å²) in [5.41, 5.74) is 6.31. The maximum absolute atomic E-state index is 5.47. The first-order chi connectivity index (χ1) is 6.72. The zero-order valence-corrected chi connectivity index (χ0v) is 8.73. The van der Waals surface area contributed by atoms with Gasteiger partial charge in [0.1, 0.15) is 12.4 Å². The maximum Gasteiger partial charge on any atom is 0.137 e. The third-order valence-corrected chi connectivity index (χ3v) is 1.81. The Morgan fingerprint density at radius 3 is 2.71 bits per heavy atom. The SMILES string of the molecule is CN(C)CCOc1ccc(CN)nc1. The minimum Gasteiger partial charge on any atom is -0.491 e. The highest BCUT2D eigenvalue weighted by Gasteiger charge is 1.95. The van der Waals surface area contributed by atoms with E-state index < -0.39 is 0 Å². The van der Waals surface area contributed by atoms with E-state index in [1.165, 1.54) is 0 Å². The zero-order chi connectivity index (χ0) is 10.4. The Bertz CT molecular complexity index is 259. The molecule has 0 unspecified atom stereocenters. The molecule has 1 heterocycles. The van der Waals surface area contributed by atoms with Crippen LogP contribution >= 0.6 is 0 Å². The van der Waals surface area contributed by atoms with Gasteiger partial charge < -0.3 is 15.4 Å². The highest BCUT2D eigenvalue weighted by Crippen LogP contribution is 2.08. The predicted molar refractivity (Wildman–Crippen MR) is 56.2 cm³/mol. The van der Waals surface area contributed by atoms with Gasteiger partial charge in [-0.3, -0.25) is 4.98 Å². The predicted octanol–water partition coefficient (Wildman–Crippen LogP) is 0.481. The molecule has 4 nitrogen and oxygen atoms in total. The van der Waals surface area contributed by atoms with Crippen LogP contribution < -0.4 is 10.5 Å². The van der Waals surface area contributed by atoms with Crippen LogP contribution in [0.4, 0.5) is 0 Å². The average molecular weight is 195 g/mol. The van der Waals surface area contributed by atoms with Crippen LogP contribution in [0.15, 0.2) is 18.3 Å². The van der Waals surface area contributed by atoms with Crippen molar-refractivity contribution >= 4 is 0 Å². The second-order valence-corrected chi connectivity index (χ2v) is 3.34. The Kier molecular flexibility index (Phi) is 4.35. The fourth-order valence-corrected chi connectivity index (χ4v) is 0.963. The fraction of sp³-hybridized carbons (Fsp3) is 0.500. The first kappa shape index (κ1) is 10.9. The summed E-state index contributed by atoms with van der Waals surface area (Å²) in [4.78, 5) is 6.20. The summed E-state index contributed by atoms with van der Waals surface area (Å²) in [5.74, 6) is 0.795. The van der Waals surface area contributed by atoms with E-state index in [9.17, 15) is 0 Å². The van der Waals surface area contributed by atoms with Crippen molar-refractivity contribution in [2.75, 3.05) is 27.2 Å². The van der Waals surface area contributed by atoms with Gasteiger partial charge in [0.25, 0.3) is 0 Å². The average Bonchev–Trinajstić information content (AvgIpc) is 2.18. The van der Waals surface area contributed by atoms with Crippen LogP contribution in [0.1, 0.15) is 5.69 Å². The van der Waals surface area contributed by atoms with Crippen molar-refractivity contribution in [3.8, 4) is 5.75 Å². The third kappa shape index (κ3) is 3.72. The summed E-state index contributed by atoms with van der Waals surface area (Å²) >= 11 is 0. The molecule has 0 amide bonds. The van der Waals surface area contributed by atoms with Gasteiger partial charge in [0.05, 0.1) is 11.9 Å². The van der Waals surface area contributed by atoms with Gasteiger partial charge in [-0.2, -0.15) is 0 Å². The lowest BCUT2D eigenvalue weighted by atomic mass is 10.3. The highest BCUT2D eigenvalue weighted by molar-refractivity contribution is 5.19. The molecule has 14 heavy (non-hydrogen) atoms. The number of nitrogens with two attached hydrogens (primary N) is 1. The molecule has 0 aliphatic heterocycles. The Balaban J connectivity index is 2.36. The van der Waals surface area contributed by atoms with Crippen LogP contribution in [-0.2, 0) is 6.54 Å². The van der Waals surface area contributed by atoms with Crippen molar-refractivity contribution in [3.05, 3.63) is 24.0 Å². The minimum absolute atomic E-state index is 0.470. The minimum atomic E-state index is 0.470. The summed E-state index contributed by atoms with van der Waals surface area (Å²) in [5, 5.41) is 0. The summed E-state index contributed by atoms with van der Waals surface area (Å²) < 4.78 is 5.47. The maximum atomic E-state index is 5.47. The van der Waals surface area contributed by atoms with Crippen LogP contribution in [0.5, 0.6) is 5.75 Å². The molecule has 1 rings (SSSR count). The molecule has 0 saturated carbocycles. The smallest absolute Gasteiger partial charge is 0.137 e. The molecule has 2 N–H and O–H groups in total. The highest BCUT2D eigenvalue weighted by atomic mass is 16.5. The van der Waals surface area contributed by atoms with Crippen molar-refractivity contribution < 1.29 is 4.74 Å². The first-order valence-electron chi connectivity index (χ1n) is 4.65. The van der Waals surface area contributed by atoms with Gasteiger partial charge in [-0.25, -0.2) is 0 Å². The molecule has 0 saturated heterocycles. The van der Waals surface area contributed by atoms with E-state index in [4.69, 9.17) is 10.5 Å². The largest absolute Gasteiger partial charge is 0.491 e. The summed E-state index contributed by atoms with van der Waals surface area (Å²) in [6.07, 6.45) is 1.71. The fourth-order valence-electron chi connectivity index (χ4n) is 0.963. The van der Waals surface area contributed by atoms with Gasteiger partial charge in [0.2, 0.25) is 0 Å². The van der Waals surface area contributed by atoms with E-state index in [0.717, 1.165) is 18.0 Å². The lowest BCUT2D eigenvalue weighted by Gasteiger charge is -2.10. The van der Waals surface area contributed by atoms with Crippen molar-refractivity contribution in [3.63, 3.8) is 0 Å². The second-order valence-electron chi connectivity index (χ2n) is 3.34. The molecule has 0 atom stereocenters. The van der Waals surface area contributed by atoms with Gasteiger partial charge in [0.15, 0.2) is 0 Å². The van der Waals surface area contributed by atoms with Crippen LogP contribution in [0.2, 0.25) is 0 Å². The molecule has 0 fully saturated rings. The van der Waals surface area contributed by atoms with E-state index in [2.05, 4.69) is 9.88 Å². The topological polar surface area (TPSA) is 51.4 Å². The number of hydrogen-bond donors (Lipinski definition) is 1. The number of hydrogen-bond acceptors (Lipinski definition) is 4. The standard InChI is InChI=1S/C10H17N3O/c1-13(2)5-6-14-10-4-3-9(7-11)12-8-10/h3-4,8H,5-7,11H2,1-2H3. The summed E-state index contributed by atoms with van der Waals surface area (Å²) in [6, 6.07) is 3.77. The third-order valence-electron chi connectivity index (χ3n) is 1.81. The lowest BCUT2D eigenvalue weighted by Crippen LogP contribution is -2.19. The molecule has 0 bridgehead atoms. The summed E-state index contributed by atoms with van der Waals surface area (Å²) in [7, 11) is 4.03. The summed E-state index contributed by atoms with van der Waals surface area (Å²) in [6.45, 7) is 2.05. The van der Waals surface area contributed by atoms with Crippen LogP contribution in [-0.4, -0.2) is 37.1 Å². The zero-order valence-electron chi connectivity index (χ0n) is 8.73. The van der Waals surface area contributed by atoms with Gasteiger partial charge in [-0.15, -0.1) is 0 Å². The molecule has 0 spiro atoms.